The lowest BCUT2D eigenvalue weighted by molar-refractivity contribution is 0.0830. The van der Waals surface area contributed by atoms with E-state index in [9.17, 15) is 0 Å². The van der Waals surface area contributed by atoms with Crippen molar-refractivity contribution in [3.63, 3.8) is 0 Å². The Morgan fingerprint density at radius 1 is 1.31 bits per heavy atom. The van der Waals surface area contributed by atoms with Crippen molar-refractivity contribution in [2.45, 2.75) is 38.6 Å². The van der Waals surface area contributed by atoms with E-state index in [1.165, 1.54) is 38.8 Å². The molecule has 2 fully saturated rings. The summed E-state index contributed by atoms with van der Waals surface area (Å²) < 4.78 is 0. The van der Waals surface area contributed by atoms with Gasteiger partial charge in [0.2, 0.25) is 0 Å². The third kappa shape index (κ3) is 2.44. The van der Waals surface area contributed by atoms with Crippen LogP contribution < -0.4 is 5.73 Å². The van der Waals surface area contributed by atoms with Crippen molar-refractivity contribution >= 4 is 0 Å². The topological polar surface area (TPSA) is 29.3 Å². The van der Waals surface area contributed by atoms with Gasteiger partial charge in [-0.15, -0.1) is 0 Å². The van der Waals surface area contributed by atoms with Crippen molar-refractivity contribution in [3.8, 4) is 0 Å². The molecule has 3 unspecified atom stereocenters. The van der Waals surface area contributed by atoms with Crippen molar-refractivity contribution in [1.29, 1.82) is 0 Å². The second-order valence-electron chi connectivity index (χ2n) is 5.09. The average Bonchev–Trinajstić information content (AvgIpc) is 2.01. The third-order valence-electron chi connectivity index (χ3n) is 3.47. The maximum Gasteiger partial charge on any atom is 0.0139 e. The van der Waals surface area contributed by atoms with E-state index in [2.05, 4.69) is 11.8 Å². The highest BCUT2D eigenvalue weighted by atomic mass is 15.1. The molecule has 0 aromatic rings. The van der Waals surface area contributed by atoms with Gasteiger partial charge in [-0.3, -0.25) is 0 Å². The van der Waals surface area contributed by atoms with Crippen molar-refractivity contribution in [2.24, 2.45) is 17.6 Å². The Kier molecular flexibility index (Phi) is 2.89. The average molecular weight is 182 g/mol. The maximum atomic E-state index is 5.83. The molecule has 0 aromatic heterocycles. The van der Waals surface area contributed by atoms with Crippen LogP contribution in [0.1, 0.15) is 32.6 Å². The van der Waals surface area contributed by atoms with Crippen LogP contribution in [0.25, 0.3) is 0 Å². The number of nitrogens with zero attached hydrogens (tertiary/aromatic N) is 1. The molecule has 1 aliphatic carbocycles. The van der Waals surface area contributed by atoms with E-state index in [4.69, 9.17) is 5.73 Å². The molecule has 0 spiro atoms. The molecular weight excluding hydrogens is 160 g/mol. The standard InChI is InChI=1S/C11H22N2/c1-9(12)6-13-7-10-3-2-4-11(5-10)8-13/h9-11H,2-8,12H2,1H3. The zero-order valence-corrected chi connectivity index (χ0v) is 8.71. The van der Waals surface area contributed by atoms with Gasteiger partial charge in [0.15, 0.2) is 0 Å². The highest BCUT2D eigenvalue weighted by Crippen LogP contribution is 2.34. The fraction of sp³-hybridized carbons (Fsp3) is 1.00. The molecule has 2 heteroatoms. The lowest BCUT2D eigenvalue weighted by atomic mass is 9.78. The van der Waals surface area contributed by atoms with Crippen molar-refractivity contribution in [3.05, 3.63) is 0 Å². The summed E-state index contributed by atoms with van der Waals surface area (Å²) in [5, 5.41) is 0. The van der Waals surface area contributed by atoms with E-state index in [0.29, 0.717) is 6.04 Å². The molecule has 13 heavy (non-hydrogen) atoms. The Morgan fingerprint density at radius 2 is 1.92 bits per heavy atom. The molecule has 0 amide bonds. The number of nitrogens with two attached hydrogens (primary N) is 1. The van der Waals surface area contributed by atoms with Gasteiger partial charge in [0, 0.05) is 25.7 Å². The summed E-state index contributed by atoms with van der Waals surface area (Å²) in [7, 11) is 0. The second-order valence-corrected chi connectivity index (χ2v) is 5.09. The fourth-order valence-electron chi connectivity index (χ4n) is 3.10. The van der Waals surface area contributed by atoms with Crippen LogP contribution in [-0.4, -0.2) is 30.6 Å². The van der Waals surface area contributed by atoms with Crippen LogP contribution in [0.5, 0.6) is 0 Å². The lowest BCUT2D eigenvalue weighted by Gasteiger charge is -2.41. The zero-order valence-electron chi connectivity index (χ0n) is 8.71. The molecule has 2 rings (SSSR count). The second kappa shape index (κ2) is 3.97. The number of rotatable bonds is 2. The summed E-state index contributed by atoms with van der Waals surface area (Å²) in [6.45, 7) is 5.85. The van der Waals surface area contributed by atoms with Gasteiger partial charge in [-0.25, -0.2) is 0 Å². The largest absolute Gasteiger partial charge is 0.327 e. The van der Waals surface area contributed by atoms with E-state index >= 15 is 0 Å². The third-order valence-corrected chi connectivity index (χ3v) is 3.47. The van der Waals surface area contributed by atoms with Gasteiger partial charge >= 0.3 is 0 Å². The number of piperidine rings is 1. The molecule has 0 aromatic carbocycles. The first-order valence-electron chi connectivity index (χ1n) is 5.72. The number of hydrogen-bond donors (Lipinski definition) is 1. The van der Waals surface area contributed by atoms with Crippen LogP contribution in [0.2, 0.25) is 0 Å². The first-order valence-corrected chi connectivity index (χ1v) is 5.72. The fourth-order valence-corrected chi connectivity index (χ4v) is 3.10. The van der Waals surface area contributed by atoms with E-state index in [1.807, 2.05) is 0 Å². The molecule has 1 saturated carbocycles. The predicted molar refractivity (Wildman–Crippen MR) is 55.5 cm³/mol. The van der Waals surface area contributed by atoms with Gasteiger partial charge in [-0.1, -0.05) is 6.42 Å². The molecular formula is C11H22N2. The number of likely N-dealkylation sites (tertiary alicyclic amines) is 1. The first-order chi connectivity index (χ1) is 6.24. The summed E-state index contributed by atoms with van der Waals surface area (Å²) in [5.74, 6) is 1.98. The Hall–Kier alpha value is -0.0800. The predicted octanol–water partition coefficient (Wildman–Crippen LogP) is 1.46. The molecule has 1 aliphatic heterocycles. The first kappa shape index (κ1) is 9.47. The maximum absolute atomic E-state index is 5.83. The monoisotopic (exact) mass is 182 g/mol. The number of hydrogen-bond acceptors (Lipinski definition) is 2. The van der Waals surface area contributed by atoms with Crippen LogP contribution in [0.15, 0.2) is 0 Å². The normalized spacial score (nSPS) is 37.4. The van der Waals surface area contributed by atoms with Gasteiger partial charge in [0.05, 0.1) is 0 Å². The van der Waals surface area contributed by atoms with Gasteiger partial charge in [-0.05, 0) is 38.0 Å². The van der Waals surface area contributed by atoms with Crippen LogP contribution in [-0.2, 0) is 0 Å². The minimum Gasteiger partial charge on any atom is -0.327 e. The molecule has 0 radical (unpaired) electrons. The molecule has 76 valence electrons. The van der Waals surface area contributed by atoms with Gasteiger partial charge in [0.1, 0.15) is 0 Å². The Labute approximate surface area is 81.5 Å². The minimum absolute atomic E-state index is 0.346. The molecule has 1 heterocycles. The molecule has 2 N–H and O–H groups in total. The van der Waals surface area contributed by atoms with Crippen molar-refractivity contribution in [1.82, 2.24) is 4.90 Å². The van der Waals surface area contributed by atoms with E-state index < -0.39 is 0 Å². The molecule has 2 bridgehead atoms. The van der Waals surface area contributed by atoms with Crippen LogP contribution in [0.4, 0.5) is 0 Å². The summed E-state index contributed by atoms with van der Waals surface area (Å²) >= 11 is 0. The molecule has 2 aliphatic rings. The van der Waals surface area contributed by atoms with Crippen LogP contribution >= 0.6 is 0 Å². The van der Waals surface area contributed by atoms with Crippen LogP contribution in [0, 0.1) is 11.8 Å². The molecule has 1 saturated heterocycles. The number of fused-ring (bicyclic) bond motifs is 2. The summed E-state index contributed by atoms with van der Waals surface area (Å²) in [6.07, 6.45) is 5.90. The van der Waals surface area contributed by atoms with Crippen molar-refractivity contribution in [2.75, 3.05) is 19.6 Å². The Balaban J connectivity index is 1.86. The van der Waals surface area contributed by atoms with Crippen molar-refractivity contribution < 1.29 is 0 Å². The van der Waals surface area contributed by atoms with E-state index in [-0.39, 0.29) is 0 Å². The quantitative estimate of drug-likeness (QED) is 0.700. The molecule has 3 atom stereocenters. The van der Waals surface area contributed by atoms with Gasteiger partial charge in [0.25, 0.3) is 0 Å². The summed E-state index contributed by atoms with van der Waals surface area (Å²) in [5.41, 5.74) is 5.83. The zero-order chi connectivity index (χ0) is 9.26. The smallest absolute Gasteiger partial charge is 0.0139 e. The molecule has 2 nitrogen and oxygen atoms in total. The Morgan fingerprint density at radius 3 is 2.46 bits per heavy atom. The van der Waals surface area contributed by atoms with E-state index in [0.717, 1.165) is 18.4 Å². The minimum atomic E-state index is 0.346. The summed E-state index contributed by atoms with van der Waals surface area (Å²) in [6, 6.07) is 0.346. The van der Waals surface area contributed by atoms with Gasteiger partial charge in [-0.2, -0.15) is 0 Å². The SMILES string of the molecule is CC(N)CN1CC2CCCC(C2)C1. The lowest BCUT2D eigenvalue weighted by Crippen LogP contribution is -2.46. The van der Waals surface area contributed by atoms with Crippen LogP contribution in [0.3, 0.4) is 0 Å². The Bertz CT molecular complexity index is 155. The summed E-state index contributed by atoms with van der Waals surface area (Å²) in [4.78, 5) is 2.59. The highest BCUT2D eigenvalue weighted by Gasteiger charge is 2.30. The van der Waals surface area contributed by atoms with E-state index in [1.54, 1.807) is 0 Å². The van der Waals surface area contributed by atoms with Gasteiger partial charge < -0.3 is 10.6 Å². The highest BCUT2D eigenvalue weighted by molar-refractivity contribution is 4.84.